The molecule has 1 saturated heterocycles. The number of rotatable bonds is 6. The van der Waals surface area contributed by atoms with E-state index in [9.17, 15) is 0 Å². The van der Waals surface area contributed by atoms with E-state index in [0.29, 0.717) is 5.88 Å². The molecule has 1 heterocycles. The van der Waals surface area contributed by atoms with Crippen molar-refractivity contribution >= 4 is 11.6 Å². The summed E-state index contributed by atoms with van der Waals surface area (Å²) in [7, 11) is 0. The first-order valence-electron chi connectivity index (χ1n) is 6.45. The summed E-state index contributed by atoms with van der Waals surface area (Å²) in [6.45, 7) is 5.78. The van der Waals surface area contributed by atoms with Crippen LogP contribution in [0.25, 0.3) is 0 Å². The molecule has 3 heteroatoms. The molecule has 0 saturated carbocycles. The summed E-state index contributed by atoms with van der Waals surface area (Å²) >= 11 is 5.76. The van der Waals surface area contributed by atoms with Crippen LogP contribution < -0.4 is 5.32 Å². The van der Waals surface area contributed by atoms with Crippen molar-refractivity contribution < 1.29 is 0 Å². The van der Waals surface area contributed by atoms with E-state index < -0.39 is 0 Å². The van der Waals surface area contributed by atoms with Crippen LogP contribution in [-0.4, -0.2) is 31.1 Å². The van der Waals surface area contributed by atoms with Crippen molar-refractivity contribution in [2.75, 3.05) is 26.2 Å². The average molecular weight is 253 g/mol. The minimum atomic E-state index is 0.600. The van der Waals surface area contributed by atoms with E-state index in [1.807, 2.05) is 0 Å². The molecule has 2 rings (SSSR count). The lowest BCUT2D eigenvalue weighted by molar-refractivity contribution is 0.335. The molecule has 0 bridgehead atoms. The normalized spacial score (nSPS) is 16.5. The summed E-state index contributed by atoms with van der Waals surface area (Å²) in [6, 6.07) is 8.51. The molecule has 0 atom stereocenters. The first-order chi connectivity index (χ1) is 8.38. The molecule has 1 aliphatic rings. The van der Waals surface area contributed by atoms with Gasteiger partial charge in [-0.2, -0.15) is 0 Å². The first-order valence-corrected chi connectivity index (χ1v) is 6.99. The summed E-state index contributed by atoms with van der Waals surface area (Å²) < 4.78 is 0. The maximum atomic E-state index is 5.76. The summed E-state index contributed by atoms with van der Waals surface area (Å²) in [5.74, 6) is 0.600. The second-order valence-corrected chi connectivity index (χ2v) is 4.94. The largest absolute Gasteiger partial charge is 0.311 e. The van der Waals surface area contributed by atoms with Crippen molar-refractivity contribution in [3.63, 3.8) is 0 Å². The molecular weight excluding hydrogens is 232 g/mol. The molecule has 1 N–H and O–H groups in total. The third-order valence-corrected chi connectivity index (χ3v) is 3.62. The summed E-state index contributed by atoms with van der Waals surface area (Å²) in [5.41, 5.74) is 2.52. The lowest BCUT2D eigenvalue weighted by Crippen LogP contribution is -2.29. The zero-order chi connectivity index (χ0) is 11.9. The highest BCUT2D eigenvalue weighted by Crippen LogP contribution is 2.07. The van der Waals surface area contributed by atoms with E-state index in [-0.39, 0.29) is 0 Å². The monoisotopic (exact) mass is 252 g/mol. The molecule has 1 aromatic rings. The Bertz CT molecular complexity index is 317. The predicted molar refractivity (Wildman–Crippen MR) is 73.4 cm³/mol. The number of nitrogens with zero attached hydrogens (tertiary/aromatic N) is 1. The van der Waals surface area contributed by atoms with E-state index in [0.717, 1.165) is 13.1 Å². The van der Waals surface area contributed by atoms with Gasteiger partial charge in [0.25, 0.3) is 0 Å². The molecule has 0 aliphatic carbocycles. The van der Waals surface area contributed by atoms with E-state index in [1.54, 1.807) is 0 Å². The highest BCUT2D eigenvalue weighted by Gasteiger charge is 2.09. The third-order valence-electron chi connectivity index (χ3n) is 3.31. The predicted octanol–water partition coefficient (Wildman–Crippen LogP) is 2.61. The van der Waals surface area contributed by atoms with Crippen molar-refractivity contribution in [2.45, 2.75) is 25.3 Å². The summed E-state index contributed by atoms with van der Waals surface area (Å²) in [4.78, 5) is 2.53. The molecule has 2 nitrogen and oxygen atoms in total. The van der Waals surface area contributed by atoms with Gasteiger partial charge in [0.2, 0.25) is 0 Å². The maximum absolute atomic E-state index is 5.76. The van der Waals surface area contributed by atoms with Gasteiger partial charge in [0.15, 0.2) is 0 Å². The minimum Gasteiger partial charge on any atom is -0.311 e. The Morgan fingerprint density at radius 2 is 1.71 bits per heavy atom. The highest BCUT2D eigenvalue weighted by molar-refractivity contribution is 6.17. The molecule has 0 amide bonds. The quantitative estimate of drug-likeness (QED) is 0.619. The minimum absolute atomic E-state index is 0.600. The van der Waals surface area contributed by atoms with Crippen molar-refractivity contribution in [1.82, 2.24) is 10.2 Å². The molecule has 0 radical (unpaired) electrons. The van der Waals surface area contributed by atoms with Crippen LogP contribution in [0.15, 0.2) is 24.3 Å². The lowest BCUT2D eigenvalue weighted by Gasteiger charge is -2.14. The molecule has 0 spiro atoms. The molecular formula is C14H21ClN2. The molecule has 0 aromatic heterocycles. The van der Waals surface area contributed by atoms with Crippen LogP contribution in [0.1, 0.15) is 24.0 Å². The number of hydrogen-bond acceptors (Lipinski definition) is 2. The molecule has 17 heavy (non-hydrogen) atoms. The Kier molecular flexibility index (Phi) is 5.30. The van der Waals surface area contributed by atoms with Gasteiger partial charge in [0.1, 0.15) is 0 Å². The molecule has 94 valence electrons. The van der Waals surface area contributed by atoms with Gasteiger partial charge >= 0.3 is 0 Å². The standard InChI is InChI=1S/C14H21ClN2/c15-11-13-3-5-14(6-4-13)12-16-7-10-17-8-1-2-9-17/h3-6,16H,1-2,7-12H2. The van der Waals surface area contributed by atoms with E-state index in [4.69, 9.17) is 11.6 Å². The molecule has 1 fully saturated rings. The zero-order valence-corrected chi connectivity index (χ0v) is 11.0. The van der Waals surface area contributed by atoms with Crippen LogP contribution >= 0.6 is 11.6 Å². The fourth-order valence-electron chi connectivity index (χ4n) is 2.22. The van der Waals surface area contributed by atoms with E-state index >= 15 is 0 Å². The Balaban J connectivity index is 1.63. The number of alkyl halides is 1. The van der Waals surface area contributed by atoms with Gasteiger partial charge < -0.3 is 10.2 Å². The average Bonchev–Trinajstić information content (AvgIpc) is 2.88. The third kappa shape index (κ3) is 4.30. The van der Waals surface area contributed by atoms with Crippen molar-refractivity contribution in [1.29, 1.82) is 0 Å². The first kappa shape index (κ1) is 12.9. The Morgan fingerprint density at radius 3 is 2.35 bits per heavy atom. The van der Waals surface area contributed by atoms with Gasteiger partial charge in [-0.05, 0) is 37.1 Å². The van der Waals surface area contributed by atoms with Crippen LogP contribution in [0.5, 0.6) is 0 Å². The van der Waals surface area contributed by atoms with E-state index in [2.05, 4.69) is 34.5 Å². The van der Waals surface area contributed by atoms with E-state index in [1.165, 1.54) is 43.6 Å². The second-order valence-electron chi connectivity index (χ2n) is 4.68. The Morgan fingerprint density at radius 1 is 1.06 bits per heavy atom. The Hall–Kier alpha value is -0.570. The molecule has 0 unspecified atom stereocenters. The number of halogens is 1. The van der Waals surface area contributed by atoms with Crippen LogP contribution in [0.4, 0.5) is 0 Å². The number of benzene rings is 1. The van der Waals surface area contributed by atoms with Gasteiger partial charge in [0.05, 0.1) is 0 Å². The highest BCUT2D eigenvalue weighted by atomic mass is 35.5. The topological polar surface area (TPSA) is 15.3 Å². The fourth-order valence-corrected chi connectivity index (χ4v) is 2.40. The summed E-state index contributed by atoms with van der Waals surface area (Å²) in [6.07, 6.45) is 2.75. The lowest BCUT2D eigenvalue weighted by atomic mass is 10.1. The van der Waals surface area contributed by atoms with Gasteiger partial charge in [-0.1, -0.05) is 24.3 Å². The Labute approximate surface area is 109 Å². The van der Waals surface area contributed by atoms with Crippen LogP contribution in [-0.2, 0) is 12.4 Å². The maximum Gasteiger partial charge on any atom is 0.0474 e. The summed E-state index contributed by atoms with van der Waals surface area (Å²) in [5, 5.41) is 3.49. The fraction of sp³-hybridized carbons (Fsp3) is 0.571. The van der Waals surface area contributed by atoms with Gasteiger partial charge in [-0.25, -0.2) is 0 Å². The SMILES string of the molecule is ClCc1ccc(CNCCN2CCCC2)cc1. The van der Waals surface area contributed by atoms with Crippen LogP contribution in [0.2, 0.25) is 0 Å². The molecule has 1 aromatic carbocycles. The van der Waals surface area contributed by atoms with Gasteiger partial charge in [-0.15, -0.1) is 11.6 Å². The van der Waals surface area contributed by atoms with Gasteiger partial charge in [0, 0.05) is 25.5 Å². The smallest absolute Gasteiger partial charge is 0.0474 e. The number of hydrogen-bond donors (Lipinski definition) is 1. The zero-order valence-electron chi connectivity index (χ0n) is 10.3. The van der Waals surface area contributed by atoms with Gasteiger partial charge in [-0.3, -0.25) is 0 Å². The van der Waals surface area contributed by atoms with Crippen molar-refractivity contribution in [2.24, 2.45) is 0 Å². The molecule has 1 aliphatic heterocycles. The number of likely N-dealkylation sites (tertiary alicyclic amines) is 1. The van der Waals surface area contributed by atoms with Crippen LogP contribution in [0.3, 0.4) is 0 Å². The van der Waals surface area contributed by atoms with Crippen LogP contribution in [0, 0.1) is 0 Å². The second kappa shape index (κ2) is 7.00. The van der Waals surface area contributed by atoms with Crippen molar-refractivity contribution in [3.8, 4) is 0 Å². The number of nitrogens with one attached hydrogen (secondary N) is 1. The van der Waals surface area contributed by atoms with Crippen molar-refractivity contribution in [3.05, 3.63) is 35.4 Å².